The fraction of sp³-hybridized carbons (Fsp3) is 0.714. The molecule has 3 heterocycles. The lowest BCUT2D eigenvalue weighted by atomic mass is 9.79. The summed E-state index contributed by atoms with van der Waals surface area (Å²) in [5.74, 6) is 2.91. The van der Waals surface area contributed by atoms with Crippen molar-refractivity contribution < 1.29 is 23.8 Å². The molecule has 2 fully saturated rings. The SMILES string of the molecule is C#C[C@]1(CO)O[C@@H](CC2C=Nc3c(N)nc(F)nc3CC2)C[C@@H]1OC(=O)C1CCC(CCCCC)CC1. The lowest BCUT2D eigenvalue weighted by Crippen LogP contribution is -2.45. The third kappa shape index (κ3) is 6.47. The van der Waals surface area contributed by atoms with Gasteiger partial charge in [0, 0.05) is 12.6 Å². The lowest BCUT2D eigenvalue weighted by molar-refractivity contribution is -0.164. The maximum Gasteiger partial charge on any atom is 0.310 e. The van der Waals surface area contributed by atoms with E-state index in [1.54, 1.807) is 6.21 Å². The zero-order valence-corrected chi connectivity index (χ0v) is 21.7. The van der Waals surface area contributed by atoms with Gasteiger partial charge in [0.15, 0.2) is 11.4 Å². The first-order valence-electron chi connectivity index (χ1n) is 13.7. The maximum absolute atomic E-state index is 13.6. The Hall–Kier alpha value is -2.57. The van der Waals surface area contributed by atoms with Gasteiger partial charge in [-0.3, -0.25) is 9.79 Å². The van der Waals surface area contributed by atoms with Crippen molar-refractivity contribution in [3.8, 4) is 12.3 Å². The number of terminal acetylenes is 1. The van der Waals surface area contributed by atoms with Crippen LogP contribution in [0.25, 0.3) is 0 Å². The number of aliphatic hydroxyl groups excluding tert-OH is 1. The molecular formula is C28H39FN4O4. The Morgan fingerprint density at radius 2 is 2.08 bits per heavy atom. The van der Waals surface area contributed by atoms with E-state index in [-0.39, 0.29) is 29.7 Å². The monoisotopic (exact) mass is 514 g/mol. The van der Waals surface area contributed by atoms with Crippen molar-refractivity contribution in [2.45, 2.75) is 102 Å². The van der Waals surface area contributed by atoms with Gasteiger partial charge < -0.3 is 20.3 Å². The molecule has 1 unspecified atom stereocenters. The Bertz CT molecular complexity index is 1020. The molecule has 0 radical (unpaired) electrons. The van der Waals surface area contributed by atoms with Crippen molar-refractivity contribution in [2.75, 3.05) is 12.3 Å². The molecule has 1 saturated carbocycles. The third-order valence-electron chi connectivity index (χ3n) is 8.20. The average molecular weight is 515 g/mol. The van der Waals surface area contributed by atoms with E-state index in [4.69, 9.17) is 21.6 Å². The van der Waals surface area contributed by atoms with Crippen molar-refractivity contribution in [1.82, 2.24) is 9.97 Å². The van der Waals surface area contributed by atoms with Crippen LogP contribution in [0.4, 0.5) is 15.9 Å². The minimum atomic E-state index is -1.36. The van der Waals surface area contributed by atoms with Gasteiger partial charge in [-0.2, -0.15) is 9.37 Å². The van der Waals surface area contributed by atoms with E-state index in [1.807, 2.05) is 0 Å². The van der Waals surface area contributed by atoms with Crippen molar-refractivity contribution in [3.63, 3.8) is 0 Å². The second kappa shape index (κ2) is 12.3. The number of carbonyl (C=O) groups is 1. The number of nitrogens with two attached hydrogens (primary N) is 1. The number of unbranched alkanes of at least 4 members (excludes halogenated alkanes) is 2. The molecule has 202 valence electrons. The molecule has 3 N–H and O–H groups in total. The van der Waals surface area contributed by atoms with Crippen LogP contribution in [0.15, 0.2) is 4.99 Å². The largest absolute Gasteiger partial charge is 0.458 e. The van der Waals surface area contributed by atoms with E-state index in [1.165, 1.54) is 25.7 Å². The second-order valence-electron chi connectivity index (χ2n) is 10.8. The fourth-order valence-corrected chi connectivity index (χ4v) is 5.95. The van der Waals surface area contributed by atoms with Crippen LogP contribution in [-0.2, 0) is 20.7 Å². The van der Waals surface area contributed by atoms with Gasteiger partial charge >= 0.3 is 12.0 Å². The molecular weight excluding hydrogens is 475 g/mol. The summed E-state index contributed by atoms with van der Waals surface area (Å²) in [5.41, 5.74) is 5.35. The van der Waals surface area contributed by atoms with E-state index in [9.17, 15) is 14.3 Å². The van der Waals surface area contributed by atoms with E-state index in [0.29, 0.717) is 43.0 Å². The number of hydrogen-bond acceptors (Lipinski definition) is 8. The fourth-order valence-electron chi connectivity index (χ4n) is 5.95. The molecule has 3 aliphatic rings. The summed E-state index contributed by atoms with van der Waals surface area (Å²) >= 11 is 0. The highest BCUT2D eigenvalue weighted by Gasteiger charge is 2.50. The van der Waals surface area contributed by atoms with Gasteiger partial charge in [-0.15, -0.1) is 6.42 Å². The quantitative estimate of drug-likeness (QED) is 0.218. The number of rotatable bonds is 9. The van der Waals surface area contributed by atoms with Crippen LogP contribution in [0, 0.1) is 36.2 Å². The predicted molar refractivity (Wildman–Crippen MR) is 139 cm³/mol. The first kappa shape index (κ1) is 27.5. The van der Waals surface area contributed by atoms with Gasteiger partial charge in [-0.05, 0) is 56.8 Å². The number of carbonyl (C=O) groups excluding carboxylic acids is 1. The van der Waals surface area contributed by atoms with Crippen LogP contribution in [0.5, 0.6) is 0 Å². The number of halogens is 1. The molecule has 0 spiro atoms. The minimum Gasteiger partial charge on any atom is -0.458 e. The Balaban J connectivity index is 1.34. The molecule has 2 aliphatic heterocycles. The molecule has 4 atom stereocenters. The van der Waals surface area contributed by atoms with Gasteiger partial charge in [0.2, 0.25) is 0 Å². The predicted octanol–water partition coefficient (Wildman–Crippen LogP) is 4.30. The number of nitrogen functional groups attached to an aromatic ring is 1. The Kier molecular flexibility index (Phi) is 9.14. The number of aryl methyl sites for hydroxylation is 1. The summed E-state index contributed by atoms with van der Waals surface area (Å²) < 4.78 is 25.7. The number of hydrogen-bond donors (Lipinski definition) is 2. The van der Waals surface area contributed by atoms with Crippen molar-refractivity contribution in [2.24, 2.45) is 22.7 Å². The first-order valence-corrected chi connectivity index (χ1v) is 13.7. The molecule has 4 rings (SSSR count). The summed E-state index contributed by atoms with van der Waals surface area (Å²) in [6.45, 7) is 1.78. The van der Waals surface area contributed by atoms with Crippen molar-refractivity contribution in [3.05, 3.63) is 11.8 Å². The standard InChI is InChI=1S/C28H39FN4O4/c1-3-5-6-7-18-8-11-20(12-9-18)26(35)36-23-15-21(37-28(23,4-2)17-34)14-19-10-13-22-24(31-16-19)25(30)33-27(29)32-22/h2,16,18-21,23,34H,3,5-15,17H2,1H3,(H2,30,32,33)/t18?,19?,20?,21-,23-,28+/m0/s1. The van der Waals surface area contributed by atoms with Crippen LogP contribution >= 0.6 is 0 Å². The van der Waals surface area contributed by atoms with Crippen molar-refractivity contribution in [1.29, 1.82) is 0 Å². The summed E-state index contributed by atoms with van der Waals surface area (Å²) in [6, 6.07) is 0. The van der Waals surface area contributed by atoms with Gasteiger partial charge in [0.25, 0.3) is 0 Å². The molecule has 37 heavy (non-hydrogen) atoms. The number of aliphatic hydroxyl groups is 1. The smallest absolute Gasteiger partial charge is 0.310 e. The van der Waals surface area contributed by atoms with Crippen LogP contribution in [0.2, 0.25) is 0 Å². The maximum atomic E-state index is 13.6. The highest BCUT2D eigenvalue weighted by molar-refractivity contribution is 5.73. The van der Waals surface area contributed by atoms with Crippen molar-refractivity contribution >= 4 is 23.7 Å². The normalized spacial score (nSPS) is 31.4. The molecule has 0 aromatic carbocycles. The van der Waals surface area contributed by atoms with E-state index >= 15 is 0 Å². The van der Waals surface area contributed by atoms with E-state index < -0.39 is 24.4 Å². The van der Waals surface area contributed by atoms with Gasteiger partial charge in [-0.25, -0.2) is 4.98 Å². The van der Waals surface area contributed by atoms with E-state index in [0.717, 1.165) is 25.7 Å². The molecule has 1 aromatic heterocycles. The van der Waals surface area contributed by atoms with E-state index in [2.05, 4.69) is 27.8 Å². The number of fused-ring (bicyclic) bond motifs is 1. The minimum absolute atomic E-state index is 0.00623. The van der Waals surface area contributed by atoms with Gasteiger partial charge in [0.05, 0.1) is 24.3 Å². The molecule has 0 amide bonds. The van der Waals surface area contributed by atoms with Crippen LogP contribution in [0.3, 0.4) is 0 Å². The molecule has 9 heteroatoms. The van der Waals surface area contributed by atoms with Crippen LogP contribution in [0.1, 0.15) is 83.2 Å². The number of anilines is 1. The zero-order chi connectivity index (χ0) is 26.4. The number of aromatic nitrogens is 2. The summed E-state index contributed by atoms with van der Waals surface area (Å²) in [6.07, 6.45) is 16.5. The average Bonchev–Trinajstić information content (AvgIpc) is 3.10. The zero-order valence-electron chi connectivity index (χ0n) is 21.7. The topological polar surface area (TPSA) is 120 Å². The van der Waals surface area contributed by atoms with Gasteiger partial charge in [0.1, 0.15) is 11.8 Å². The van der Waals surface area contributed by atoms with Gasteiger partial charge in [-0.1, -0.05) is 38.5 Å². The number of aliphatic imine (C=N–C) groups is 1. The van der Waals surface area contributed by atoms with Crippen LogP contribution < -0.4 is 5.73 Å². The summed E-state index contributed by atoms with van der Waals surface area (Å²) in [4.78, 5) is 24.9. The highest BCUT2D eigenvalue weighted by Crippen LogP contribution is 2.39. The Morgan fingerprint density at radius 1 is 1.30 bits per heavy atom. The first-order chi connectivity index (χ1) is 17.9. The molecule has 0 bridgehead atoms. The third-order valence-corrected chi connectivity index (χ3v) is 8.20. The molecule has 1 saturated heterocycles. The number of ether oxygens (including phenoxy) is 2. The summed E-state index contributed by atoms with van der Waals surface area (Å²) in [7, 11) is 0. The molecule has 8 nitrogen and oxygen atoms in total. The summed E-state index contributed by atoms with van der Waals surface area (Å²) in [5, 5.41) is 10.1. The Morgan fingerprint density at radius 3 is 2.78 bits per heavy atom. The Labute approximate surface area is 218 Å². The molecule has 1 aliphatic carbocycles. The lowest BCUT2D eigenvalue weighted by Gasteiger charge is -2.31. The van der Waals surface area contributed by atoms with Crippen LogP contribution in [-0.4, -0.2) is 51.7 Å². The number of nitrogens with zero attached hydrogens (tertiary/aromatic N) is 3. The molecule has 1 aromatic rings. The second-order valence-corrected chi connectivity index (χ2v) is 10.8. The number of esters is 1. The highest BCUT2D eigenvalue weighted by atomic mass is 19.1.